The molecule has 60 valence electrons. The fraction of sp³-hybridized carbons (Fsp3) is 0.333. The molecule has 0 aromatic heterocycles. The highest BCUT2D eigenvalue weighted by Gasteiger charge is 2.12. The first-order chi connectivity index (χ1) is 5.08. The lowest BCUT2D eigenvalue weighted by molar-refractivity contribution is 1.77. The number of hydrogen-bond acceptors (Lipinski definition) is 0. The number of rotatable bonds is 2. The minimum Gasteiger partial charge on any atom is -0.103 e. The number of hydrogen-bond donors (Lipinski definition) is 0. The van der Waals surface area contributed by atoms with Gasteiger partial charge in [0.2, 0.25) is 0 Å². The Kier molecular flexibility index (Phi) is 2.86. The lowest BCUT2D eigenvalue weighted by Crippen LogP contribution is -2.16. The molecule has 1 rings (SSSR count). The zero-order valence-electron chi connectivity index (χ0n) is 7.39. The van der Waals surface area contributed by atoms with Gasteiger partial charge in [-0.25, -0.2) is 0 Å². The molecule has 0 aliphatic heterocycles. The van der Waals surface area contributed by atoms with Crippen LogP contribution < -0.4 is 5.30 Å². The predicted octanol–water partition coefficient (Wildman–Crippen LogP) is 2.83. The van der Waals surface area contributed by atoms with Crippen LogP contribution in [0.5, 0.6) is 0 Å². The van der Waals surface area contributed by atoms with Crippen LogP contribution in [0.4, 0.5) is 0 Å². The van der Waals surface area contributed by atoms with Crippen molar-refractivity contribution in [3.05, 3.63) is 30.3 Å². The lowest BCUT2D eigenvalue weighted by Gasteiger charge is -2.15. The smallest absolute Gasteiger partial charge is 0.0736 e. The summed E-state index contributed by atoms with van der Waals surface area (Å²) in [5.74, 6) is 0. The van der Waals surface area contributed by atoms with Gasteiger partial charge in [0.15, 0.2) is 0 Å². The van der Waals surface area contributed by atoms with E-state index in [9.17, 15) is 0 Å². The van der Waals surface area contributed by atoms with Gasteiger partial charge in [-0.2, -0.15) is 0 Å². The topological polar surface area (TPSA) is 0 Å². The van der Waals surface area contributed by atoms with Crippen LogP contribution in [0.3, 0.4) is 0 Å². The molecule has 11 heavy (non-hydrogen) atoms. The Morgan fingerprint density at radius 2 is 1.55 bits per heavy atom. The van der Waals surface area contributed by atoms with Crippen LogP contribution in [0, 0.1) is 0 Å². The maximum absolute atomic E-state index is 2.42. The second-order valence-corrected chi connectivity index (χ2v) is 14.3. The largest absolute Gasteiger partial charge is 0.103 e. The van der Waals surface area contributed by atoms with Gasteiger partial charge in [-0.05, 0) is 5.30 Å². The van der Waals surface area contributed by atoms with E-state index in [1.165, 1.54) is 5.30 Å². The van der Waals surface area contributed by atoms with Crippen molar-refractivity contribution in [2.75, 3.05) is 0 Å². The SMILES string of the molecule is C[Si](C)(C)Pc1ccccc1. The van der Waals surface area contributed by atoms with Crippen LogP contribution >= 0.6 is 8.13 Å². The summed E-state index contributed by atoms with van der Waals surface area (Å²) in [6, 6.07) is 10.8. The van der Waals surface area contributed by atoms with Crippen molar-refractivity contribution in [1.82, 2.24) is 0 Å². The maximum Gasteiger partial charge on any atom is 0.0736 e. The highest BCUT2D eigenvalue weighted by atomic mass is 31.3. The molecule has 0 fully saturated rings. The summed E-state index contributed by atoms with van der Waals surface area (Å²) in [5.41, 5.74) is 0. The van der Waals surface area contributed by atoms with E-state index in [4.69, 9.17) is 0 Å². The van der Waals surface area contributed by atoms with Gasteiger partial charge in [0.25, 0.3) is 0 Å². The summed E-state index contributed by atoms with van der Waals surface area (Å²) in [7, 11) is 0.182. The van der Waals surface area contributed by atoms with Gasteiger partial charge in [-0.15, -0.1) is 8.13 Å². The average molecular weight is 182 g/mol. The lowest BCUT2D eigenvalue weighted by atomic mass is 10.4. The van der Waals surface area contributed by atoms with Crippen molar-refractivity contribution in [2.45, 2.75) is 19.6 Å². The van der Waals surface area contributed by atoms with E-state index in [1.54, 1.807) is 0 Å². The molecular weight excluding hydrogens is 167 g/mol. The maximum atomic E-state index is 2.42. The van der Waals surface area contributed by atoms with Crippen LogP contribution in [0.1, 0.15) is 0 Å². The fourth-order valence-corrected chi connectivity index (χ4v) is 5.28. The molecule has 0 spiro atoms. The van der Waals surface area contributed by atoms with Gasteiger partial charge in [-0.1, -0.05) is 50.0 Å². The minimum atomic E-state index is -0.870. The Morgan fingerprint density at radius 1 is 1.00 bits per heavy atom. The summed E-state index contributed by atoms with van der Waals surface area (Å²) in [6.45, 7) is 7.25. The van der Waals surface area contributed by atoms with Gasteiger partial charge in [-0.3, -0.25) is 0 Å². The summed E-state index contributed by atoms with van der Waals surface area (Å²) in [5, 5.41) is 1.52. The summed E-state index contributed by atoms with van der Waals surface area (Å²) < 4.78 is 0. The Balaban J connectivity index is 2.66. The first kappa shape index (κ1) is 8.96. The fourth-order valence-electron chi connectivity index (χ4n) is 0.954. The standard InChI is InChI=1S/C9H15PSi/c1-11(2,3)10-9-7-5-4-6-8-9/h4-8,10H,1-3H3. The molecule has 1 aromatic rings. The van der Waals surface area contributed by atoms with Crippen molar-refractivity contribution >= 4 is 21.2 Å². The molecule has 1 unspecified atom stereocenters. The summed E-state index contributed by atoms with van der Waals surface area (Å²) in [6.07, 6.45) is 0. The molecule has 1 aromatic carbocycles. The van der Waals surface area contributed by atoms with E-state index in [0.29, 0.717) is 0 Å². The molecule has 0 nitrogen and oxygen atoms in total. The van der Waals surface area contributed by atoms with Crippen LogP contribution in [0.15, 0.2) is 30.3 Å². The minimum absolute atomic E-state index is 0.870. The van der Waals surface area contributed by atoms with E-state index in [-0.39, 0.29) is 0 Å². The van der Waals surface area contributed by atoms with Crippen LogP contribution in [-0.2, 0) is 0 Å². The molecular formula is C9H15PSi. The Morgan fingerprint density at radius 3 is 2.00 bits per heavy atom. The van der Waals surface area contributed by atoms with Gasteiger partial charge in [0.1, 0.15) is 0 Å². The molecule has 0 heterocycles. The van der Waals surface area contributed by atoms with Crippen molar-refractivity contribution in [3.63, 3.8) is 0 Å². The summed E-state index contributed by atoms with van der Waals surface area (Å²) in [4.78, 5) is 0. The normalized spacial score (nSPS) is 12.6. The highest BCUT2D eigenvalue weighted by molar-refractivity contribution is 7.86. The molecule has 2 heteroatoms. The molecule has 1 atom stereocenters. The first-order valence-electron chi connectivity index (χ1n) is 3.91. The Labute approximate surface area is 71.7 Å². The quantitative estimate of drug-likeness (QED) is 0.487. The van der Waals surface area contributed by atoms with E-state index in [1.807, 2.05) is 0 Å². The third kappa shape index (κ3) is 3.69. The number of benzene rings is 1. The molecule has 0 N–H and O–H groups in total. The van der Waals surface area contributed by atoms with Crippen molar-refractivity contribution < 1.29 is 0 Å². The first-order valence-corrected chi connectivity index (χ1v) is 9.41. The van der Waals surface area contributed by atoms with Crippen molar-refractivity contribution in [3.8, 4) is 0 Å². The average Bonchev–Trinajstić information content (AvgIpc) is 1.85. The monoisotopic (exact) mass is 182 g/mol. The van der Waals surface area contributed by atoms with E-state index >= 15 is 0 Å². The van der Waals surface area contributed by atoms with Crippen LogP contribution in [0.25, 0.3) is 0 Å². The molecule has 0 aliphatic carbocycles. The van der Waals surface area contributed by atoms with Gasteiger partial charge in [0.05, 0.1) is 7.74 Å². The molecule has 0 aliphatic rings. The molecule has 0 saturated heterocycles. The molecule has 0 bridgehead atoms. The second kappa shape index (κ2) is 3.51. The van der Waals surface area contributed by atoms with E-state index in [0.717, 1.165) is 8.13 Å². The third-order valence-corrected chi connectivity index (χ3v) is 5.78. The Bertz CT molecular complexity index is 213. The van der Waals surface area contributed by atoms with E-state index < -0.39 is 7.74 Å². The Hall–Kier alpha value is -0.133. The van der Waals surface area contributed by atoms with Crippen molar-refractivity contribution in [2.24, 2.45) is 0 Å². The summed E-state index contributed by atoms with van der Waals surface area (Å²) >= 11 is 0. The van der Waals surface area contributed by atoms with Crippen LogP contribution in [-0.4, -0.2) is 7.74 Å². The predicted molar refractivity (Wildman–Crippen MR) is 57.7 cm³/mol. The van der Waals surface area contributed by atoms with Crippen LogP contribution in [0.2, 0.25) is 19.6 Å². The second-order valence-electron chi connectivity index (χ2n) is 3.74. The molecule has 0 amide bonds. The zero-order chi connectivity index (χ0) is 8.32. The third-order valence-electron chi connectivity index (χ3n) is 1.29. The zero-order valence-corrected chi connectivity index (χ0v) is 9.39. The van der Waals surface area contributed by atoms with Gasteiger partial charge < -0.3 is 0 Å². The van der Waals surface area contributed by atoms with E-state index in [2.05, 4.69) is 50.0 Å². The molecule has 0 radical (unpaired) electrons. The van der Waals surface area contributed by atoms with Gasteiger partial charge >= 0.3 is 0 Å². The van der Waals surface area contributed by atoms with Crippen molar-refractivity contribution in [1.29, 1.82) is 0 Å². The highest BCUT2D eigenvalue weighted by Crippen LogP contribution is 2.25. The molecule has 0 saturated carbocycles. The van der Waals surface area contributed by atoms with Gasteiger partial charge in [0, 0.05) is 0 Å².